The first-order valence-corrected chi connectivity index (χ1v) is 6.22. The van der Waals surface area contributed by atoms with E-state index in [-0.39, 0.29) is 6.10 Å². The molecule has 0 amide bonds. The number of methoxy groups -OCH3 is 1. The SMILES string of the molecule is COc1c[c]ccc1OC(C)C1CCNCC1. The van der Waals surface area contributed by atoms with Crippen molar-refractivity contribution in [2.24, 2.45) is 5.92 Å². The standard InChI is InChI=1S/C14H20NO2/c1-11(12-7-9-15-10-8-12)17-14-6-4-3-5-13(14)16-2/h4-6,11-12,15H,7-10H2,1-2H3. The summed E-state index contributed by atoms with van der Waals surface area (Å²) in [6.45, 7) is 4.34. The number of piperidine rings is 1. The van der Waals surface area contributed by atoms with Crippen LogP contribution in [0, 0.1) is 12.0 Å². The van der Waals surface area contributed by atoms with Crippen molar-refractivity contribution in [2.75, 3.05) is 20.2 Å². The molecule has 0 spiro atoms. The first-order valence-electron chi connectivity index (χ1n) is 6.22. The van der Waals surface area contributed by atoms with E-state index < -0.39 is 0 Å². The Hall–Kier alpha value is -1.22. The molecule has 1 saturated heterocycles. The second-order valence-electron chi connectivity index (χ2n) is 4.49. The van der Waals surface area contributed by atoms with E-state index in [4.69, 9.17) is 9.47 Å². The van der Waals surface area contributed by atoms with E-state index in [1.165, 1.54) is 12.8 Å². The van der Waals surface area contributed by atoms with E-state index >= 15 is 0 Å². The zero-order chi connectivity index (χ0) is 12.1. The molecule has 0 bridgehead atoms. The molecule has 1 radical (unpaired) electrons. The van der Waals surface area contributed by atoms with Crippen LogP contribution in [-0.4, -0.2) is 26.3 Å². The Kier molecular flexibility index (Phi) is 4.26. The third kappa shape index (κ3) is 3.13. The Bertz CT molecular complexity index is 348. The van der Waals surface area contributed by atoms with E-state index in [0.717, 1.165) is 24.6 Å². The van der Waals surface area contributed by atoms with Gasteiger partial charge in [-0.3, -0.25) is 0 Å². The van der Waals surface area contributed by atoms with Gasteiger partial charge < -0.3 is 14.8 Å². The van der Waals surface area contributed by atoms with E-state index in [0.29, 0.717) is 5.92 Å². The quantitative estimate of drug-likeness (QED) is 0.867. The molecule has 2 rings (SSSR count). The number of hydrogen-bond donors (Lipinski definition) is 1. The van der Waals surface area contributed by atoms with Crippen LogP contribution in [0.25, 0.3) is 0 Å². The summed E-state index contributed by atoms with van der Waals surface area (Å²) < 4.78 is 11.3. The van der Waals surface area contributed by atoms with Gasteiger partial charge in [-0.05, 0) is 57.0 Å². The van der Waals surface area contributed by atoms with Gasteiger partial charge in [0, 0.05) is 0 Å². The van der Waals surface area contributed by atoms with E-state index in [2.05, 4.69) is 18.3 Å². The maximum absolute atomic E-state index is 6.00. The van der Waals surface area contributed by atoms with Crippen LogP contribution in [0.1, 0.15) is 19.8 Å². The maximum atomic E-state index is 6.00. The van der Waals surface area contributed by atoms with Crippen LogP contribution < -0.4 is 14.8 Å². The zero-order valence-electron chi connectivity index (χ0n) is 10.5. The van der Waals surface area contributed by atoms with Crippen molar-refractivity contribution in [3.8, 4) is 11.5 Å². The van der Waals surface area contributed by atoms with Crippen molar-refractivity contribution >= 4 is 0 Å². The summed E-state index contributed by atoms with van der Waals surface area (Å²) in [5.41, 5.74) is 0. The fraction of sp³-hybridized carbons (Fsp3) is 0.571. The number of nitrogens with one attached hydrogen (secondary N) is 1. The van der Waals surface area contributed by atoms with Crippen molar-refractivity contribution in [2.45, 2.75) is 25.9 Å². The molecule has 1 aromatic rings. The van der Waals surface area contributed by atoms with E-state index in [9.17, 15) is 0 Å². The molecule has 1 fully saturated rings. The van der Waals surface area contributed by atoms with Gasteiger partial charge in [-0.2, -0.15) is 0 Å². The van der Waals surface area contributed by atoms with Gasteiger partial charge in [-0.15, -0.1) is 0 Å². The number of hydrogen-bond acceptors (Lipinski definition) is 3. The minimum Gasteiger partial charge on any atom is -0.493 e. The summed E-state index contributed by atoms with van der Waals surface area (Å²) in [6, 6.07) is 8.57. The summed E-state index contributed by atoms with van der Waals surface area (Å²) in [6.07, 6.45) is 2.60. The molecule has 0 aromatic heterocycles. The lowest BCUT2D eigenvalue weighted by molar-refractivity contribution is 0.124. The maximum Gasteiger partial charge on any atom is 0.161 e. The number of ether oxygens (including phenoxy) is 2. The van der Waals surface area contributed by atoms with Crippen molar-refractivity contribution in [3.63, 3.8) is 0 Å². The Morgan fingerprint density at radius 3 is 2.82 bits per heavy atom. The number of rotatable bonds is 4. The van der Waals surface area contributed by atoms with E-state index in [1.54, 1.807) is 7.11 Å². The zero-order valence-corrected chi connectivity index (χ0v) is 10.5. The lowest BCUT2D eigenvalue weighted by Crippen LogP contribution is -2.35. The average Bonchev–Trinajstić information content (AvgIpc) is 2.40. The molecule has 3 heteroatoms. The minimum absolute atomic E-state index is 0.230. The van der Waals surface area contributed by atoms with Gasteiger partial charge in [0.2, 0.25) is 0 Å². The molecule has 1 aliphatic heterocycles. The molecule has 1 unspecified atom stereocenters. The van der Waals surface area contributed by atoms with Gasteiger partial charge in [0.05, 0.1) is 13.2 Å². The highest BCUT2D eigenvalue weighted by Crippen LogP contribution is 2.29. The smallest absolute Gasteiger partial charge is 0.161 e. The summed E-state index contributed by atoms with van der Waals surface area (Å²) >= 11 is 0. The van der Waals surface area contributed by atoms with Crippen molar-refractivity contribution in [3.05, 3.63) is 24.3 Å². The lowest BCUT2D eigenvalue weighted by atomic mass is 9.93. The second kappa shape index (κ2) is 5.92. The molecule has 1 aromatic carbocycles. The highest BCUT2D eigenvalue weighted by atomic mass is 16.5. The molecular formula is C14H20NO2. The first-order chi connectivity index (χ1) is 8.31. The van der Waals surface area contributed by atoms with Crippen LogP contribution in [0.4, 0.5) is 0 Å². The largest absolute Gasteiger partial charge is 0.493 e. The lowest BCUT2D eigenvalue weighted by Gasteiger charge is -2.29. The molecule has 17 heavy (non-hydrogen) atoms. The van der Waals surface area contributed by atoms with Gasteiger partial charge in [-0.25, -0.2) is 0 Å². The molecule has 1 N–H and O–H groups in total. The van der Waals surface area contributed by atoms with Crippen LogP contribution in [0.5, 0.6) is 11.5 Å². The monoisotopic (exact) mass is 234 g/mol. The predicted octanol–water partition coefficient (Wildman–Crippen LogP) is 2.26. The van der Waals surface area contributed by atoms with Gasteiger partial charge in [0.1, 0.15) is 0 Å². The first kappa shape index (κ1) is 12.2. The molecule has 1 atom stereocenters. The fourth-order valence-corrected chi connectivity index (χ4v) is 2.27. The van der Waals surface area contributed by atoms with Crippen molar-refractivity contribution < 1.29 is 9.47 Å². The van der Waals surface area contributed by atoms with Crippen LogP contribution in [0.2, 0.25) is 0 Å². The van der Waals surface area contributed by atoms with Gasteiger partial charge in [-0.1, -0.05) is 6.07 Å². The van der Waals surface area contributed by atoms with Crippen molar-refractivity contribution in [1.29, 1.82) is 0 Å². The Labute approximate surface area is 103 Å². The van der Waals surface area contributed by atoms with Crippen molar-refractivity contribution in [1.82, 2.24) is 5.32 Å². The highest BCUT2D eigenvalue weighted by Gasteiger charge is 2.22. The molecule has 93 valence electrons. The number of benzene rings is 1. The fourth-order valence-electron chi connectivity index (χ4n) is 2.27. The predicted molar refractivity (Wildman–Crippen MR) is 67.5 cm³/mol. The third-order valence-corrected chi connectivity index (χ3v) is 3.37. The summed E-state index contributed by atoms with van der Waals surface area (Å²) in [7, 11) is 1.66. The topological polar surface area (TPSA) is 30.5 Å². The molecule has 3 nitrogen and oxygen atoms in total. The molecule has 1 aliphatic rings. The third-order valence-electron chi connectivity index (χ3n) is 3.37. The van der Waals surface area contributed by atoms with E-state index in [1.807, 2.05) is 18.2 Å². The second-order valence-corrected chi connectivity index (χ2v) is 4.49. The minimum atomic E-state index is 0.230. The Morgan fingerprint density at radius 2 is 2.12 bits per heavy atom. The average molecular weight is 234 g/mol. The summed E-state index contributed by atoms with van der Waals surface area (Å²) in [5, 5.41) is 3.37. The van der Waals surface area contributed by atoms with Gasteiger partial charge in [0.15, 0.2) is 11.5 Å². The molecule has 1 heterocycles. The van der Waals surface area contributed by atoms with Crippen LogP contribution in [0.15, 0.2) is 18.2 Å². The van der Waals surface area contributed by atoms with Crippen LogP contribution >= 0.6 is 0 Å². The molecule has 0 saturated carbocycles. The summed E-state index contributed by atoms with van der Waals surface area (Å²) in [4.78, 5) is 0. The Morgan fingerprint density at radius 1 is 1.35 bits per heavy atom. The summed E-state index contributed by atoms with van der Waals surface area (Å²) in [5.74, 6) is 2.20. The highest BCUT2D eigenvalue weighted by molar-refractivity contribution is 5.39. The molecule has 0 aliphatic carbocycles. The Balaban J connectivity index is 1.99. The van der Waals surface area contributed by atoms with Crippen LogP contribution in [-0.2, 0) is 0 Å². The van der Waals surface area contributed by atoms with Gasteiger partial charge >= 0.3 is 0 Å². The van der Waals surface area contributed by atoms with Crippen LogP contribution in [0.3, 0.4) is 0 Å². The normalized spacial score (nSPS) is 18.7. The molecular weight excluding hydrogens is 214 g/mol. The van der Waals surface area contributed by atoms with Gasteiger partial charge in [0.25, 0.3) is 0 Å².